The van der Waals surface area contributed by atoms with E-state index in [0.29, 0.717) is 12.1 Å². The van der Waals surface area contributed by atoms with Crippen molar-refractivity contribution in [3.05, 3.63) is 28.7 Å². The van der Waals surface area contributed by atoms with Crippen LogP contribution in [0.25, 0.3) is 0 Å². The number of imide groups is 1. The van der Waals surface area contributed by atoms with Gasteiger partial charge in [0.2, 0.25) is 5.91 Å². The summed E-state index contributed by atoms with van der Waals surface area (Å²) in [6.07, 6.45) is 0.311. The number of benzene rings is 1. The number of nitrogens with zero attached hydrogens (tertiary/aromatic N) is 1. The molecule has 0 unspecified atom stereocenters. The van der Waals surface area contributed by atoms with E-state index in [-0.39, 0.29) is 17.9 Å². The molecule has 1 aromatic rings. The molecule has 102 valence electrons. The molecule has 1 aliphatic heterocycles. The van der Waals surface area contributed by atoms with Gasteiger partial charge in [-0.2, -0.15) is 0 Å². The molecule has 0 saturated carbocycles. The molecule has 0 bridgehead atoms. The SMILES string of the molecule is CC[NH+](CC)[C@@H]1CC(=O)N(c2ccc(Br)cc2)C1=O. The summed E-state index contributed by atoms with van der Waals surface area (Å²) in [6, 6.07) is 7.03. The Morgan fingerprint density at radius 1 is 1.21 bits per heavy atom. The number of nitrogens with one attached hydrogen (secondary N) is 1. The number of hydrogen-bond donors (Lipinski definition) is 1. The van der Waals surface area contributed by atoms with E-state index in [1.165, 1.54) is 4.90 Å². The predicted molar refractivity (Wildman–Crippen MR) is 77.1 cm³/mol. The highest BCUT2D eigenvalue weighted by atomic mass is 79.9. The minimum Gasteiger partial charge on any atom is -0.325 e. The minimum absolute atomic E-state index is 0.0778. The summed E-state index contributed by atoms with van der Waals surface area (Å²) in [7, 11) is 0. The molecule has 1 aliphatic rings. The van der Waals surface area contributed by atoms with Gasteiger partial charge in [0, 0.05) is 4.47 Å². The third kappa shape index (κ3) is 2.72. The molecule has 0 spiro atoms. The van der Waals surface area contributed by atoms with Crippen LogP contribution in [0.2, 0.25) is 0 Å². The summed E-state index contributed by atoms with van der Waals surface area (Å²) < 4.78 is 0.932. The Balaban J connectivity index is 2.26. The first-order valence-corrected chi connectivity index (χ1v) is 7.34. The molecule has 2 rings (SSSR count). The lowest BCUT2D eigenvalue weighted by molar-refractivity contribution is -0.911. The second-order valence-corrected chi connectivity index (χ2v) is 5.58. The fourth-order valence-corrected chi connectivity index (χ4v) is 2.82. The lowest BCUT2D eigenvalue weighted by Crippen LogP contribution is -3.16. The second-order valence-electron chi connectivity index (χ2n) is 4.67. The van der Waals surface area contributed by atoms with E-state index in [0.717, 1.165) is 22.5 Å². The molecule has 4 nitrogen and oxygen atoms in total. The van der Waals surface area contributed by atoms with Crippen LogP contribution in [0.3, 0.4) is 0 Å². The zero-order chi connectivity index (χ0) is 14.0. The van der Waals surface area contributed by atoms with Crippen molar-refractivity contribution < 1.29 is 14.5 Å². The number of amides is 2. The predicted octanol–water partition coefficient (Wildman–Crippen LogP) is 1.01. The zero-order valence-electron chi connectivity index (χ0n) is 11.1. The number of carbonyl (C=O) groups is 2. The van der Waals surface area contributed by atoms with E-state index in [9.17, 15) is 9.59 Å². The summed E-state index contributed by atoms with van der Waals surface area (Å²) >= 11 is 3.35. The molecule has 0 radical (unpaired) electrons. The Kier molecular flexibility index (Phi) is 4.37. The Bertz CT molecular complexity index is 483. The highest BCUT2D eigenvalue weighted by Gasteiger charge is 2.44. The summed E-state index contributed by atoms with van der Waals surface area (Å²) in [5.74, 6) is -0.178. The Hall–Kier alpha value is -1.20. The van der Waals surface area contributed by atoms with Crippen molar-refractivity contribution in [2.45, 2.75) is 26.3 Å². The van der Waals surface area contributed by atoms with Gasteiger partial charge in [-0.25, -0.2) is 4.90 Å². The number of rotatable bonds is 4. The molecule has 1 saturated heterocycles. The van der Waals surface area contributed by atoms with Crippen LogP contribution in [0.4, 0.5) is 5.69 Å². The van der Waals surface area contributed by atoms with Crippen LogP contribution in [0.5, 0.6) is 0 Å². The molecule has 1 heterocycles. The fourth-order valence-electron chi connectivity index (χ4n) is 2.56. The molecule has 2 amide bonds. The van der Waals surface area contributed by atoms with Crippen LogP contribution < -0.4 is 9.80 Å². The standard InChI is InChI=1S/C14H17BrN2O2/c1-3-16(4-2)12-9-13(18)17(14(12)19)11-7-5-10(15)6-8-11/h5-8,12H,3-4,9H2,1-2H3/p+1/t12-/m1/s1. The largest absolute Gasteiger partial charge is 0.325 e. The lowest BCUT2D eigenvalue weighted by atomic mass is 10.2. The zero-order valence-corrected chi connectivity index (χ0v) is 12.7. The van der Waals surface area contributed by atoms with Gasteiger partial charge in [-0.1, -0.05) is 15.9 Å². The first kappa shape index (κ1) is 14.2. The van der Waals surface area contributed by atoms with Gasteiger partial charge in [0.05, 0.1) is 25.2 Å². The van der Waals surface area contributed by atoms with Crippen molar-refractivity contribution in [2.75, 3.05) is 18.0 Å². The molecule has 1 atom stereocenters. The van der Waals surface area contributed by atoms with Crippen LogP contribution in [0, 0.1) is 0 Å². The summed E-state index contributed by atoms with van der Waals surface area (Å²) in [5, 5.41) is 0. The van der Waals surface area contributed by atoms with Crippen molar-refractivity contribution in [3.8, 4) is 0 Å². The monoisotopic (exact) mass is 325 g/mol. The maximum Gasteiger partial charge on any atom is 0.292 e. The normalized spacial score (nSPS) is 19.6. The maximum absolute atomic E-state index is 12.4. The van der Waals surface area contributed by atoms with Gasteiger partial charge in [-0.15, -0.1) is 0 Å². The average molecular weight is 326 g/mol. The van der Waals surface area contributed by atoms with Gasteiger partial charge in [0.1, 0.15) is 0 Å². The van der Waals surface area contributed by atoms with Crippen molar-refractivity contribution in [1.29, 1.82) is 0 Å². The maximum atomic E-state index is 12.4. The minimum atomic E-state index is -0.230. The molecule has 1 aromatic carbocycles. The third-order valence-corrected chi connectivity index (χ3v) is 4.16. The lowest BCUT2D eigenvalue weighted by Gasteiger charge is -2.21. The Morgan fingerprint density at radius 3 is 2.32 bits per heavy atom. The van der Waals surface area contributed by atoms with E-state index >= 15 is 0 Å². The average Bonchev–Trinajstić information content (AvgIpc) is 2.68. The van der Waals surface area contributed by atoms with E-state index in [1.807, 2.05) is 26.0 Å². The third-order valence-electron chi connectivity index (χ3n) is 3.63. The number of anilines is 1. The molecule has 19 heavy (non-hydrogen) atoms. The number of hydrogen-bond acceptors (Lipinski definition) is 2. The Labute approximate surface area is 121 Å². The van der Waals surface area contributed by atoms with E-state index in [4.69, 9.17) is 0 Å². The number of quaternary nitrogens is 1. The highest BCUT2D eigenvalue weighted by Crippen LogP contribution is 2.23. The first-order chi connectivity index (χ1) is 9.08. The van der Waals surface area contributed by atoms with E-state index in [1.54, 1.807) is 12.1 Å². The van der Waals surface area contributed by atoms with Crippen LogP contribution in [-0.4, -0.2) is 30.9 Å². The Morgan fingerprint density at radius 2 is 1.79 bits per heavy atom. The van der Waals surface area contributed by atoms with Gasteiger partial charge < -0.3 is 4.90 Å². The molecule has 0 aliphatic carbocycles. The van der Waals surface area contributed by atoms with Crippen LogP contribution in [0.1, 0.15) is 20.3 Å². The number of halogens is 1. The molecular formula is C14H18BrN2O2+. The number of carbonyl (C=O) groups excluding carboxylic acids is 2. The van der Waals surface area contributed by atoms with Gasteiger partial charge in [0.15, 0.2) is 6.04 Å². The molecule has 1 N–H and O–H groups in total. The van der Waals surface area contributed by atoms with Crippen LogP contribution in [0.15, 0.2) is 28.7 Å². The highest BCUT2D eigenvalue weighted by molar-refractivity contribution is 9.10. The van der Waals surface area contributed by atoms with Gasteiger partial charge in [-0.3, -0.25) is 9.59 Å². The van der Waals surface area contributed by atoms with Gasteiger partial charge in [0.25, 0.3) is 5.91 Å². The van der Waals surface area contributed by atoms with E-state index < -0.39 is 0 Å². The fraction of sp³-hybridized carbons (Fsp3) is 0.429. The van der Waals surface area contributed by atoms with Crippen molar-refractivity contribution >= 4 is 33.4 Å². The van der Waals surface area contributed by atoms with Crippen molar-refractivity contribution in [1.82, 2.24) is 0 Å². The first-order valence-electron chi connectivity index (χ1n) is 6.55. The summed E-state index contributed by atoms with van der Waals surface area (Å²) in [6.45, 7) is 5.79. The quantitative estimate of drug-likeness (QED) is 0.839. The van der Waals surface area contributed by atoms with Crippen LogP contribution >= 0.6 is 15.9 Å². The molecular weight excluding hydrogens is 308 g/mol. The summed E-state index contributed by atoms with van der Waals surface area (Å²) in [4.78, 5) is 27.0. The van der Waals surface area contributed by atoms with Crippen LogP contribution in [-0.2, 0) is 9.59 Å². The van der Waals surface area contributed by atoms with Crippen molar-refractivity contribution in [3.63, 3.8) is 0 Å². The smallest absolute Gasteiger partial charge is 0.292 e. The van der Waals surface area contributed by atoms with Gasteiger partial charge in [-0.05, 0) is 38.1 Å². The van der Waals surface area contributed by atoms with E-state index in [2.05, 4.69) is 15.9 Å². The molecule has 0 aromatic heterocycles. The molecule has 5 heteroatoms. The van der Waals surface area contributed by atoms with Crippen molar-refractivity contribution in [2.24, 2.45) is 0 Å². The topological polar surface area (TPSA) is 41.8 Å². The van der Waals surface area contributed by atoms with Gasteiger partial charge >= 0.3 is 0 Å². The second kappa shape index (κ2) is 5.84. The summed E-state index contributed by atoms with van der Waals surface area (Å²) in [5.41, 5.74) is 0.659. The number of likely N-dealkylation sites (N-methyl/N-ethyl adjacent to an activating group) is 1. The molecule has 1 fully saturated rings.